The Morgan fingerprint density at radius 3 is 2.70 bits per heavy atom. The van der Waals surface area contributed by atoms with Gasteiger partial charge in [0.2, 0.25) is 0 Å². The summed E-state index contributed by atoms with van der Waals surface area (Å²) in [6, 6.07) is 5.91. The smallest absolute Gasteiger partial charge is 0.310 e. The topological polar surface area (TPSA) is 72.4 Å². The lowest BCUT2D eigenvalue weighted by atomic mass is 9.99. The van der Waals surface area contributed by atoms with Crippen molar-refractivity contribution in [1.82, 2.24) is 10.2 Å². The molecule has 0 bridgehead atoms. The molecule has 7 nitrogen and oxygen atoms in total. The average molecular weight is 377 g/mol. The van der Waals surface area contributed by atoms with Gasteiger partial charge in [0.1, 0.15) is 0 Å². The van der Waals surface area contributed by atoms with Crippen molar-refractivity contribution in [3.63, 3.8) is 0 Å². The summed E-state index contributed by atoms with van der Waals surface area (Å²) in [6.45, 7) is 6.78. The summed E-state index contributed by atoms with van der Waals surface area (Å²) in [5, 5.41) is 3.37. The number of aliphatic imine (C=N–C) groups is 1. The molecule has 1 aliphatic heterocycles. The summed E-state index contributed by atoms with van der Waals surface area (Å²) in [7, 11) is 4.83. The van der Waals surface area contributed by atoms with E-state index in [0.717, 1.165) is 36.0 Å². The molecular formula is C20H31N3O4. The van der Waals surface area contributed by atoms with E-state index >= 15 is 0 Å². The molecule has 1 fully saturated rings. The number of benzene rings is 1. The molecule has 0 spiro atoms. The third-order valence-corrected chi connectivity index (χ3v) is 4.77. The van der Waals surface area contributed by atoms with Gasteiger partial charge in [0.05, 0.1) is 26.7 Å². The minimum Gasteiger partial charge on any atom is -0.493 e. The third-order valence-electron chi connectivity index (χ3n) is 4.77. The van der Waals surface area contributed by atoms with Crippen molar-refractivity contribution in [3.05, 3.63) is 23.8 Å². The molecule has 2 atom stereocenters. The van der Waals surface area contributed by atoms with E-state index in [1.807, 2.05) is 18.2 Å². The molecule has 0 aliphatic carbocycles. The first-order chi connectivity index (χ1) is 13.0. The molecule has 1 aromatic carbocycles. The molecule has 0 amide bonds. The van der Waals surface area contributed by atoms with E-state index in [0.29, 0.717) is 19.7 Å². The van der Waals surface area contributed by atoms with Gasteiger partial charge in [0.25, 0.3) is 0 Å². The van der Waals surface area contributed by atoms with E-state index in [9.17, 15) is 4.79 Å². The highest BCUT2D eigenvalue weighted by molar-refractivity contribution is 5.82. The van der Waals surface area contributed by atoms with Crippen LogP contribution in [0, 0.1) is 11.8 Å². The van der Waals surface area contributed by atoms with Crippen LogP contribution in [0.2, 0.25) is 0 Å². The van der Waals surface area contributed by atoms with Crippen molar-refractivity contribution in [1.29, 1.82) is 0 Å². The number of hydrogen-bond acceptors (Lipinski definition) is 5. The second-order valence-corrected chi connectivity index (χ2v) is 6.75. The Morgan fingerprint density at radius 1 is 1.30 bits per heavy atom. The first-order valence-corrected chi connectivity index (χ1v) is 9.37. The minimum absolute atomic E-state index is 0.122. The number of hydrogen-bond donors (Lipinski definition) is 1. The second kappa shape index (κ2) is 10.0. The molecule has 1 heterocycles. The number of methoxy groups -OCH3 is 2. The Hall–Kier alpha value is -2.44. The van der Waals surface area contributed by atoms with Crippen molar-refractivity contribution in [2.24, 2.45) is 16.8 Å². The number of rotatable bonds is 7. The fourth-order valence-electron chi connectivity index (χ4n) is 3.26. The first kappa shape index (κ1) is 20.9. The number of guanidine groups is 1. The Morgan fingerprint density at radius 2 is 2.07 bits per heavy atom. The van der Waals surface area contributed by atoms with Crippen molar-refractivity contribution < 1.29 is 19.0 Å². The number of esters is 1. The Kier molecular flexibility index (Phi) is 7.76. The molecule has 1 N–H and O–H groups in total. The molecule has 1 saturated heterocycles. The number of nitrogens with one attached hydrogen (secondary N) is 1. The molecule has 1 aliphatic rings. The van der Waals surface area contributed by atoms with Gasteiger partial charge < -0.3 is 24.4 Å². The number of ether oxygens (including phenoxy) is 3. The zero-order valence-electron chi connectivity index (χ0n) is 16.9. The van der Waals surface area contributed by atoms with E-state index < -0.39 is 0 Å². The molecule has 27 heavy (non-hydrogen) atoms. The Labute approximate surface area is 161 Å². The van der Waals surface area contributed by atoms with E-state index in [2.05, 4.69) is 29.1 Å². The molecule has 0 saturated carbocycles. The zero-order valence-corrected chi connectivity index (χ0v) is 16.9. The van der Waals surface area contributed by atoms with Crippen LogP contribution in [0.5, 0.6) is 11.5 Å². The number of carbonyl (C=O) groups excluding carboxylic acids is 1. The standard InChI is InChI=1S/C20H31N3O4/c1-6-9-27-17-8-7-15(10-18(17)25-4)11-22-20(21-3)23-12-14(2)16(13-23)19(24)26-5/h7-8,10,14,16H,6,9,11-13H2,1-5H3,(H,21,22). The highest BCUT2D eigenvalue weighted by Gasteiger charge is 2.36. The van der Waals surface area contributed by atoms with Crippen molar-refractivity contribution in [3.8, 4) is 11.5 Å². The second-order valence-electron chi connectivity index (χ2n) is 6.75. The maximum Gasteiger partial charge on any atom is 0.310 e. The van der Waals surface area contributed by atoms with Crippen LogP contribution in [-0.2, 0) is 16.1 Å². The van der Waals surface area contributed by atoms with Gasteiger partial charge in [-0.3, -0.25) is 9.79 Å². The molecule has 1 aromatic rings. The molecule has 2 unspecified atom stereocenters. The third kappa shape index (κ3) is 5.28. The summed E-state index contributed by atoms with van der Waals surface area (Å²) < 4.78 is 16.0. The van der Waals surface area contributed by atoms with Gasteiger partial charge in [-0.05, 0) is 30.0 Å². The van der Waals surface area contributed by atoms with Gasteiger partial charge in [-0.2, -0.15) is 0 Å². The average Bonchev–Trinajstić information content (AvgIpc) is 3.08. The van der Waals surface area contributed by atoms with Crippen LogP contribution in [0.1, 0.15) is 25.8 Å². The fraction of sp³-hybridized carbons (Fsp3) is 0.600. The van der Waals surface area contributed by atoms with Crippen molar-refractivity contribution >= 4 is 11.9 Å². The van der Waals surface area contributed by atoms with Crippen LogP contribution in [0.3, 0.4) is 0 Å². The molecule has 150 valence electrons. The van der Waals surface area contributed by atoms with Crippen LogP contribution in [0.15, 0.2) is 23.2 Å². The van der Waals surface area contributed by atoms with Gasteiger partial charge in [0, 0.05) is 26.7 Å². The van der Waals surface area contributed by atoms with Crippen LogP contribution < -0.4 is 14.8 Å². The SMILES string of the molecule is CCCOc1ccc(CNC(=NC)N2CC(C)C(C(=O)OC)C2)cc1OC. The summed E-state index contributed by atoms with van der Waals surface area (Å²) in [6.07, 6.45) is 0.948. The van der Waals surface area contributed by atoms with E-state index in [4.69, 9.17) is 14.2 Å². The summed E-state index contributed by atoms with van der Waals surface area (Å²) in [5.41, 5.74) is 1.06. The van der Waals surface area contributed by atoms with E-state index in [-0.39, 0.29) is 17.8 Å². The fourth-order valence-corrected chi connectivity index (χ4v) is 3.26. The highest BCUT2D eigenvalue weighted by Crippen LogP contribution is 2.28. The summed E-state index contributed by atoms with van der Waals surface area (Å²) in [5.74, 6) is 2.20. The largest absolute Gasteiger partial charge is 0.493 e. The van der Waals surface area contributed by atoms with Gasteiger partial charge in [0.15, 0.2) is 17.5 Å². The predicted molar refractivity (Wildman–Crippen MR) is 105 cm³/mol. The number of nitrogens with zero attached hydrogens (tertiary/aromatic N) is 2. The van der Waals surface area contributed by atoms with Gasteiger partial charge in [-0.25, -0.2) is 0 Å². The Balaban J connectivity index is 1.99. The highest BCUT2D eigenvalue weighted by atomic mass is 16.5. The van der Waals surface area contributed by atoms with Crippen LogP contribution in [0.25, 0.3) is 0 Å². The maximum absolute atomic E-state index is 11.9. The molecular weight excluding hydrogens is 346 g/mol. The maximum atomic E-state index is 11.9. The van der Waals surface area contributed by atoms with E-state index in [1.54, 1.807) is 14.2 Å². The predicted octanol–water partition coefficient (Wildman–Crippen LogP) is 2.30. The van der Waals surface area contributed by atoms with E-state index in [1.165, 1.54) is 7.11 Å². The van der Waals surface area contributed by atoms with Crippen LogP contribution in [-0.4, -0.2) is 57.8 Å². The summed E-state index contributed by atoms with van der Waals surface area (Å²) >= 11 is 0. The summed E-state index contributed by atoms with van der Waals surface area (Å²) in [4.78, 5) is 18.4. The molecule has 7 heteroatoms. The Bertz CT molecular complexity index is 663. The van der Waals surface area contributed by atoms with Crippen molar-refractivity contribution in [2.45, 2.75) is 26.8 Å². The normalized spacial score (nSPS) is 19.7. The van der Waals surface area contributed by atoms with Crippen LogP contribution >= 0.6 is 0 Å². The van der Waals surface area contributed by atoms with Gasteiger partial charge >= 0.3 is 5.97 Å². The number of carbonyl (C=O) groups is 1. The first-order valence-electron chi connectivity index (χ1n) is 9.37. The molecule has 2 rings (SSSR count). The van der Waals surface area contributed by atoms with Gasteiger partial charge in [-0.15, -0.1) is 0 Å². The number of likely N-dealkylation sites (tertiary alicyclic amines) is 1. The monoisotopic (exact) mass is 377 g/mol. The minimum atomic E-state index is -0.159. The van der Waals surface area contributed by atoms with Crippen LogP contribution in [0.4, 0.5) is 0 Å². The van der Waals surface area contributed by atoms with Crippen molar-refractivity contribution in [2.75, 3.05) is 41.0 Å². The lowest BCUT2D eigenvalue weighted by Crippen LogP contribution is -2.40. The lowest BCUT2D eigenvalue weighted by molar-refractivity contribution is -0.145. The van der Waals surface area contributed by atoms with Gasteiger partial charge in [-0.1, -0.05) is 19.9 Å². The lowest BCUT2D eigenvalue weighted by Gasteiger charge is -2.22. The quantitative estimate of drug-likeness (QED) is 0.447. The molecule has 0 aromatic heterocycles. The molecule has 0 radical (unpaired) electrons. The zero-order chi connectivity index (χ0) is 19.8.